The summed E-state index contributed by atoms with van der Waals surface area (Å²) in [4.78, 5) is 14.3. The van der Waals surface area contributed by atoms with Crippen molar-refractivity contribution in [2.45, 2.75) is 0 Å². The number of hydroxylamine groups is 2. The van der Waals surface area contributed by atoms with E-state index in [1.807, 2.05) is 0 Å². The van der Waals surface area contributed by atoms with Crippen molar-refractivity contribution in [2.24, 2.45) is 0 Å². The molecule has 0 N–H and O–H groups in total. The van der Waals surface area contributed by atoms with Crippen molar-refractivity contribution in [3.05, 3.63) is 18.5 Å². The van der Waals surface area contributed by atoms with E-state index in [2.05, 4.69) is 17.1 Å². The SMILES string of the molecule is C=C=CN(C=O)OC. The first kappa shape index (κ1) is 6.95. The average Bonchev–Trinajstić information content (AvgIpc) is 1.83. The minimum Gasteiger partial charge on any atom is -0.276 e. The normalized spacial score (nSPS) is 7.12. The molecule has 3 nitrogen and oxygen atoms in total. The standard InChI is InChI=1S/C5H7NO2/c1-3-4-6(5-7)8-2/h4-5H,1H2,2H3. The molecule has 8 heavy (non-hydrogen) atoms. The molecule has 1 amide bonds. The maximum Gasteiger partial charge on any atom is 0.238 e. The summed E-state index contributed by atoms with van der Waals surface area (Å²) in [5.74, 6) is 0. The molecule has 0 radical (unpaired) electrons. The fraction of sp³-hybridized carbons (Fsp3) is 0.200. The molecule has 0 aromatic carbocycles. The van der Waals surface area contributed by atoms with Crippen molar-refractivity contribution in [3.8, 4) is 0 Å². The summed E-state index contributed by atoms with van der Waals surface area (Å²) < 4.78 is 0. The van der Waals surface area contributed by atoms with Crippen LogP contribution in [-0.2, 0) is 9.63 Å². The number of hydrogen-bond acceptors (Lipinski definition) is 2. The van der Waals surface area contributed by atoms with E-state index in [1.54, 1.807) is 0 Å². The lowest BCUT2D eigenvalue weighted by Gasteiger charge is -2.03. The van der Waals surface area contributed by atoms with Gasteiger partial charge in [0.2, 0.25) is 6.41 Å². The van der Waals surface area contributed by atoms with Crippen LogP contribution < -0.4 is 0 Å². The van der Waals surface area contributed by atoms with Gasteiger partial charge in [-0.25, -0.2) is 0 Å². The Morgan fingerprint density at radius 3 is 2.62 bits per heavy atom. The van der Waals surface area contributed by atoms with Crippen LogP contribution in [0.2, 0.25) is 0 Å². The van der Waals surface area contributed by atoms with E-state index in [1.165, 1.54) is 13.3 Å². The number of carbonyl (C=O) groups excluding carboxylic acids is 1. The maximum atomic E-state index is 9.83. The zero-order chi connectivity index (χ0) is 6.41. The van der Waals surface area contributed by atoms with Gasteiger partial charge in [-0.05, 0) is 0 Å². The lowest BCUT2D eigenvalue weighted by Crippen LogP contribution is -2.11. The molecule has 44 valence electrons. The van der Waals surface area contributed by atoms with E-state index < -0.39 is 0 Å². The topological polar surface area (TPSA) is 29.5 Å². The zero-order valence-corrected chi connectivity index (χ0v) is 4.63. The van der Waals surface area contributed by atoms with Gasteiger partial charge in [0.05, 0.1) is 13.3 Å². The molecule has 0 fully saturated rings. The summed E-state index contributed by atoms with van der Waals surface area (Å²) in [5.41, 5.74) is 2.36. The second kappa shape index (κ2) is 4.12. The van der Waals surface area contributed by atoms with Gasteiger partial charge in [0.15, 0.2) is 0 Å². The molecule has 0 atom stereocenters. The van der Waals surface area contributed by atoms with Gasteiger partial charge in [0.25, 0.3) is 0 Å². The molecule has 0 aromatic heterocycles. The molecule has 0 aliphatic rings. The largest absolute Gasteiger partial charge is 0.276 e. The van der Waals surface area contributed by atoms with Crippen molar-refractivity contribution in [2.75, 3.05) is 7.11 Å². The third kappa shape index (κ3) is 2.18. The first-order chi connectivity index (χ1) is 3.85. The first-order valence-electron chi connectivity index (χ1n) is 1.99. The molecule has 0 aromatic rings. The highest BCUT2D eigenvalue weighted by Gasteiger charge is 1.85. The Morgan fingerprint density at radius 2 is 2.50 bits per heavy atom. The Bertz CT molecular complexity index is 116. The van der Waals surface area contributed by atoms with Crippen LogP contribution in [0.1, 0.15) is 0 Å². The van der Waals surface area contributed by atoms with E-state index in [-0.39, 0.29) is 0 Å². The molecule has 0 aliphatic heterocycles. The van der Waals surface area contributed by atoms with Gasteiger partial charge in [-0.1, -0.05) is 6.58 Å². The van der Waals surface area contributed by atoms with E-state index in [0.717, 1.165) is 5.06 Å². The van der Waals surface area contributed by atoms with Crippen LogP contribution in [0.5, 0.6) is 0 Å². The number of amides is 1. The summed E-state index contributed by atoms with van der Waals surface area (Å²) in [6.45, 7) is 3.24. The van der Waals surface area contributed by atoms with Crippen LogP contribution in [-0.4, -0.2) is 18.6 Å². The first-order valence-corrected chi connectivity index (χ1v) is 1.99. The van der Waals surface area contributed by atoms with Gasteiger partial charge < -0.3 is 0 Å². The second-order valence-electron chi connectivity index (χ2n) is 0.981. The lowest BCUT2D eigenvalue weighted by atomic mass is 10.8. The predicted molar refractivity (Wildman–Crippen MR) is 28.6 cm³/mol. The van der Waals surface area contributed by atoms with Gasteiger partial charge in [-0.15, -0.1) is 5.73 Å². The van der Waals surface area contributed by atoms with Gasteiger partial charge >= 0.3 is 0 Å². The zero-order valence-electron chi connectivity index (χ0n) is 4.63. The minimum atomic E-state index is 0.512. The van der Waals surface area contributed by atoms with Gasteiger partial charge in [-0.3, -0.25) is 9.63 Å². The highest BCUT2D eigenvalue weighted by atomic mass is 16.7. The molecule has 0 saturated carbocycles. The summed E-state index contributed by atoms with van der Waals surface area (Å²) >= 11 is 0. The molecule has 0 saturated heterocycles. The Kier molecular flexibility index (Phi) is 3.58. The van der Waals surface area contributed by atoms with Gasteiger partial charge in [0, 0.05) is 0 Å². The molecule has 0 spiro atoms. The highest BCUT2D eigenvalue weighted by molar-refractivity contribution is 5.46. The summed E-state index contributed by atoms with van der Waals surface area (Å²) in [6.07, 6.45) is 1.80. The van der Waals surface area contributed by atoms with Crippen LogP contribution in [0, 0.1) is 0 Å². The fourth-order valence-electron chi connectivity index (χ4n) is 0.216. The fourth-order valence-corrected chi connectivity index (χ4v) is 0.216. The molecule has 0 bridgehead atoms. The Hall–Kier alpha value is -1.05. The molecule has 0 rings (SSSR count). The number of hydrogen-bond donors (Lipinski definition) is 0. The average molecular weight is 113 g/mol. The molecule has 0 unspecified atom stereocenters. The molecular weight excluding hydrogens is 106 g/mol. The van der Waals surface area contributed by atoms with Crippen LogP contribution >= 0.6 is 0 Å². The van der Waals surface area contributed by atoms with Crippen LogP contribution in [0.15, 0.2) is 18.5 Å². The Balaban J connectivity index is 3.69. The van der Waals surface area contributed by atoms with E-state index in [0.29, 0.717) is 6.41 Å². The summed E-state index contributed by atoms with van der Waals surface area (Å²) in [6, 6.07) is 0. The highest BCUT2D eigenvalue weighted by Crippen LogP contribution is 1.78. The van der Waals surface area contributed by atoms with Crippen molar-refractivity contribution in [1.29, 1.82) is 0 Å². The quantitative estimate of drug-likeness (QED) is 0.299. The van der Waals surface area contributed by atoms with E-state index in [9.17, 15) is 4.79 Å². The van der Waals surface area contributed by atoms with Crippen molar-refractivity contribution in [1.82, 2.24) is 5.06 Å². The number of rotatable bonds is 3. The lowest BCUT2D eigenvalue weighted by molar-refractivity contribution is -0.146. The minimum absolute atomic E-state index is 0.512. The van der Waals surface area contributed by atoms with Crippen molar-refractivity contribution in [3.63, 3.8) is 0 Å². The third-order valence-electron chi connectivity index (χ3n) is 0.533. The smallest absolute Gasteiger partial charge is 0.238 e. The predicted octanol–water partition coefficient (Wildman–Crippen LogP) is 0.305. The van der Waals surface area contributed by atoms with Gasteiger partial charge in [-0.2, -0.15) is 5.06 Å². The molecule has 3 heteroatoms. The molecular formula is C5H7NO2. The monoisotopic (exact) mass is 113 g/mol. The number of carbonyl (C=O) groups is 1. The van der Waals surface area contributed by atoms with Gasteiger partial charge in [0.1, 0.15) is 0 Å². The summed E-state index contributed by atoms with van der Waals surface area (Å²) in [5, 5.41) is 0.951. The Morgan fingerprint density at radius 1 is 1.88 bits per heavy atom. The maximum absolute atomic E-state index is 9.83. The van der Waals surface area contributed by atoms with Crippen molar-refractivity contribution < 1.29 is 9.63 Å². The second-order valence-corrected chi connectivity index (χ2v) is 0.981. The summed E-state index contributed by atoms with van der Waals surface area (Å²) in [7, 11) is 1.38. The van der Waals surface area contributed by atoms with Crippen molar-refractivity contribution >= 4 is 6.41 Å². The molecule has 0 aliphatic carbocycles. The van der Waals surface area contributed by atoms with E-state index >= 15 is 0 Å². The number of nitrogens with zero attached hydrogens (tertiary/aromatic N) is 1. The van der Waals surface area contributed by atoms with Crippen LogP contribution in [0.3, 0.4) is 0 Å². The van der Waals surface area contributed by atoms with Crippen LogP contribution in [0.4, 0.5) is 0 Å². The van der Waals surface area contributed by atoms with Crippen LogP contribution in [0.25, 0.3) is 0 Å². The molecule has 0 heterocycles. The third-order valence-corrected chi connectivity index (χ3v) is 0.533. The Labute approximate surface area is 47.8 Å². The van der Waals surface area contributed by atoms with E-state index in [4.69, 9.17) is 0 Å².